The third kappa shape index (κ3) is 2.33. The minimum absolute atomic E-state index is 0.103. The molecular weight excluding hydrogens is 284 g/mol. The molecule has 0 saturated heterocycles. The van der Waals surface area contributed by atoms with E-state index in [1.54, 1.807) is 0 Å². The Bertz CT molecular complexity index is 694. The highest BCUT2D eigenvalue weighted by Crippen LogP contribution is 2.57. The Hall–Kier alpha value is -1.93. The molecule has 0 radical (unpaired) electrons. The molecule has 4 atom stereocenters. The quantitative estimate of drug-likeness (QED) is 0.863. The van der Waals surface area contributed by atoms with Gasteiger partial charge in [-0.3, -0.25) is 4.79 Å². The Labute approximate surface area is 137 Å². The summed E-state index contributed by atoms with van der Waals surface area (Å²) in [7, 11) is 0. The van der Waals surface area contributed by atoms with Gasteiger partial charge < -0.3 is 5.11 Å². The molecule has 2 aromatic rings. The first-order valence-electron chi connectivity index (χ1n) is 8.57. The van der Waals surface area contributed by atoms with Gasteiger partial charge in [0.15, 0.2) is 5.78 Å². The number of fused-ring (bicyclic) bond motifs is 1. The third-order valence-electron chi connectivity index (χ3n) is 5.85. The number of Topliss-reactive ketones (excluding diaryl/α,β-unsaturated/α-hetero) is 1. The predicted molar refractivity (Wildman–Crippen MR) is 90.0 cm³/mol. The normalized spacial score (nSPS) is 32.7. The zero-order valence-corrected chi connectivity index (χ0v) is 13.2. The highest BCUT2D eigenvalue weighted by molar-refractivity contribution is 5.99. The van der Waals surface area contributed by atoms with Gasteiger partial charge in [-0.25, -0.2) is 0 Å². The maximum absolute atomic E-state index is 13.2. The molecule has 0 aliphatic heterocycles. The molecule has 4 rings (SSSR count). The van der Waals surface area contributed by atoms with Crippen LogP contribution >= 0.6 is 0 Å². The van der Waals surface area contributed by atoms with E-state index in [4.69, 9.17) is 0 Å². The lowest BCUT2D eigenvalue weighted by Gasteiger charge is -2.32. The number of aliphatic hydroxyl groups is 1. The molecule has 23 heavy (non-hydrogen) atoms. The van der Waals surface area contributed by atoms with E-state index < -0.39 is 5.60 Å². The van der Waals surface area contributed by atoms with E-state index in [1.807, 2.05) is 60.7 Å². The number of hydrogen-bond acceptors (Lipinski definition) is 2. The summed E-state index contributed by atoms with van der Waals surface area (Å²) in [5.41, 5.74) is 0.590. The molecule has 1 N–H and O–H groups in total. The monoisotopic (exact) mass is 306 g/mol. The van der Waals surface area contributed by atoms with Crippen molar-refractivity contribution >= 4 is 5.78 Å². The molecule has 2 aliphatic rings. The van der Waals surface area contributed by atoms with Crippen LogP contribution in [0.1, 0.15) is 41.6 Å². The fraction of sp³-hybridized carbons (Fsp3) is 0.381. The molecule has 0 aromatic heterocycles. The lowest BCUT2D eigenvalue weighted by molar-refractivity contribution is -0.00714. The first kappa shape index (κ1) is 14.6. The van der Waals surface area contributed by atoms with Crippen molar-refractivity contribution in [3.8, 4) is 0 Å². The van der Waals surface area contributed by atoms with Crippen LogP contribution in [-0.2, 0) is 5.60 Å². The van der Waals surface area contributed by atoms with Crippen LogP contribution in [0.2, 0.25) is 0 Å². The highest BCUT2D eigenvalue weighted by atomic mass is 16.3. The van der Waals surface area contributed by atoms with Crippen molar-refractivity contribution in [3.63, 3.8) is 0 Å². The topological polar surface area (TPSA) is 37.3 Å². The standard InChI is InChI=1S/C21H22O2/c22-20(15-8-3-1-4-9-15)19-18-13-7-10-16(18)14-21(19,23)17-11-5-2-6-12-17/h1-6,8-9,11-12,16,18-19,23H,7,10,13-14H2/t16-,18+,19+,21-/m1/s1. The van der Waals surface area contributed by atoms with Gasteiger partial charge >= 0.3 is 0 Å². The van der Waals surface area contributed by atoms with Gasteiger partial charge in [-0.2, -0.15) is 0 Å². The molecule has 0 unspecified atom stereocenters. The summed E-state index contributed by atoms with van der Waals surface area (Å²) in [6.45, 7) is 0. The SMILES string of the molecule is O=C(c1ccccc1)[C@@H]1[C@H]2CCC[C@@H]2C[C@@]1(O)c1ccccc1. The van der Waals surface area contributed by atoms with Crippen LogP contribution in [0, 0.1) is 17.8 Å². The minimum atomic E-state index is -1.02. The Kier molecular flexibility index (Phi) is 3.57. The summed E-state index contributed by atoms with van der Waals surface area (Å²) in [6.07, 6.45) is 4.09. The van der Waals surface area contributed by atoms with Crippen LogP contribution < -0.4 is 0 Å². The van der Waals surface area contributed by atoms with Gasteiger partial charge in [-0.15, -0.1) is 0 Å². The molecule has 2 aliphatic carbocycles. The molecule has 2 aromatic carbocycles. The van der Waals surface area contributed by atoms with Crippen LogP contribution in [0.15, 0.2) is 60.7 Å². The summed E-state index contributed by atoms with van der Waals surface area (Å²) < 4.78 is 0. The lowest BCUT2D eigenvalue weighted by Crippen LogP contribution is -2.38. The molecule has 118 valence electrons. The van der Waals surface area contributed by atoms with Crippen LogP contribution in [0.3, 0.4) is 0 Å². The van der Waals surface area contributed by atoms with Crippen molar-refractivity contribution < 1.29 is 9.90 Å². The smallest absolute Gasteiger partial charge is 0.169 e. The van der Waals surface area contributed by atoms with E-state index in [0.29, 0.717) is 18.3 Å². The van der Waals surface area contributed by atoms with Gasteiger partial charge in [0, 0.05) is 5.56 Å². The Morgan fingerprint density at radius 3 is 2.30 bits per heavy atom. The summed E-state index contributed by atoms with van der Waals surface area (Å²) >= 11 is 0. The van der Waals surface area contributed by atoms with Crippen molar-refractivity contribution in [2.24, 2.45) is 17.8 Å². The number of carbonyl (C=O) groups excluding carboxylic acids is 1. The van der Waals surface area contributed by atoms with Crippen molar-refractivity contribution in [1.29, 1.82) is 0 Å². The number of benzene rings is 2. The van der Waals surface area contributed by atoms with Crippen LogP contribution in [0.5, 0.6) is 0 Å². The summed E-state index contributed by atoms with van der Waals surface area (Å²) in [6, 6.07) is 19.2. The molecule has 0 heterocycles. The van der Waals surface area contributed by atoms with Crippen molar-refractivity contribution in [3.05, 3.63) is 71.8 Å². The van der Waals surface area contributed by atoms with Crippen molar-refractivity contribution in [1.82, 2.24) is 0 Å². The van der Waals surface area contributed by atoms with E-state index in [-0.39, 0.29) is 11.7 Å². The lowest BCUT2D eigenvalue weighted by atomic mass is 9.76. The first-order valence-corrected chi connectivity index (χ1v) is 8.57. The Balaban J connectivity index is 1.78. The van der Waals surface area contributed by atoms with E-state index in [2.05, 4.69) is 0 Å². The van der Waals surface area contributed by atoms with E-state index >= 15 is 0 Å². The second kappa shape index (κ2) is 5.61. The number of hydrogen-bond donors (Lipinski definition) is 1. The summed E-state index contributed by atoms with van der Waals surface area (Å²) in [4.78, 5) is 13.2. The molecule has 0 bridgehead atoms. The zero-order valence-electron chi connectivity index (χ0n) is 13.2. The molecule has 0 spiro atoms. The summed E-state index contributed by atoms with van der Waals surface area (Å²) in [5, 5.41) is 11.5. The van der Waals surface area contributed by atoms with E-state index in [1.165, 1.54) is 6.42 Å². The molecule has 2 fully saturated rings. The second-order valence-corrected chi connectivity index (χ2v) is 7.06. The fourth-order valence-electron chi connectivity index (χ4n) is 4.86. The van der Waals surface area contributed by atoms with Crippen molar-refractivity contribution in [2.75, 3.05) is 0 Å². The molecule has 0 amide bonds. The highest BCUT2D eigenvalue weighted by Gasteiger charge is 2.57. The van der Waals surface area contributed by atoms with Gasteiger partial charge in [0.25, 0.3) is 0 Å². The van der Waals surface area contributed by atoms with Gasteiger partial charge in [-0.05, 0) is 30.2 Å². The maximum Gasteiger partial charge on any atom is 0.169 e. The number of rotatable bonds is 3. The zero-order chi connectivity index (χ0) is 15.9. The number of carbonyl (C=O) groups is 1. The van der Waals surface area contributed by atoms with Gasteiger partial charge in [0.1, 0.15) is 5.60 Å². The first-order chi connectivity index (χ1) is 11.2. The molecule has 2 nitrogen and oxygen atoms in total. The largest absolute Gasteiger partial charge is 0.384 e. The van der Waals surface area contributed by atoms with Crippen LogP contribution in [0.25, 0.3) is 0 Å². The second-order valence-electron chi connectivity index (χ2n) is 7.06. The van der Waals surface area contributed by atoms with Crippen molar-refractivity contribution in [2.45, 2.75) is 31.3 Å². The van der Waals surface area contributed by atoms with Crippen LogP contribution in [-0.4, -0.2) is 10.9 Å². The van der Waals surface area contributed by atoms with Gasteiger partial charge in [0.2, 0.25) is 0 Å². The minimum Gasteiger partial charge on any atom is -0.384 e. The van der Waals surface area contributed by atoms with Crippen LogP contribution in [0.4, 0.5) is 0 Å². The van der Waals surface area contributed by atoms with Gasteiger partial charge in [-0.1, -0.05) is 73.5 Å². The van der Waals surface area contributed by atoms with E-state index in [9.17, 15) is 9.90 Å². The Morgan fingerprint density at radius 1 is 0.957 bits per heavy atom. The molecule has 2 saturated carbocycles. The molecular formula is C21H22O2. The third-order valence-corrected chi connectivity index (χ3v) is 5.85. The number of ketones is 1. The Morgan fingerprint density at radius 2 is 1.61 bits per heavy atom. The summed E-state index contributed by atoms with van der Waals surface area (Å²) in [5.74, 6) is 0.567. The average Bonchev–Trinajstić information content (AvgIpc) is 3.14. The fourth-order valence-corrected chi connectivity index (χ4v) is 4.86. The predicted octanol–water partition coefficient (Wildman–Crippen LogP) is 4.19. The van der Waals surface area contributed by atoms with Gasteiger partial charge in [0.05, 0.1) is 5.92 Å². The maximum atomic E-state index is 13.2. The van der Waals surface area contributed by atoms with E-state index in [0.717, 1.165) is 24.0 Å². The molecule has 2 heteroatoms. The average molecular weight is 306 g/mol.